The minimum atomic E-state index is -1.03. The van der Waals surface area contributed by atoms with Crippen LogP contribution >= 0.6 is 0 Å². The summed E-state index contributed by atoms with van der Waals surface area (Å²) < 4.78 is 5.52. The summed E-state index contributed by atoms with van der Waals surface area (Å²) in [6, 6.07) is 0. The number of aliphatic hydroxyl groups excluding tert-OH is 3. The van der Waals surface area contributed by atoms with Crippen LogP contribution in [-0.4, -0.2) is 70.5 Å². The van der Waals surface area contributed by atoms with Gasteiger partial charge in [-0.3, -0.25) is 9.59 Å². The molecule has 8 nitrogen and oxygen atoms in total. The van der Waals surface area contributed by atoms with Crippen molar-refractivity contribution in [2.45, 2.75) is 86.0 Å². The Labute approximate surface area is 194 Å². The van der Waals surface area contributed by atoms with Gasteiger partial charge in [-0.1, -0.05) is 60.3 Å². The quantitative estimate of drug-likeness (QED) is 0.194. The highest BCUT2D eigenvalue weighted by atomic mass is 16.5. The fraction of sp³-hybridized carbons (Fsp3) is 0.917. The molecule has 0 heterocycles. The van der Waals surface area contributed by atoms with Crippen LogP contribution in [0.3, 0.4) is 0 Å². The average Bonchev–Trinajstić information content (AvgIpc) is 2.70. The van der Waals surface area contributed by atoms with Gasteiger partial charge < -0.3 is 30.3 Å². The van der Waals surface area contributed by atoms with Gasteiger partial charge in [0.2, 0.25) is 0 Å². The standard InChI is InChI=1S/C14H28O6.C10H20O2/c1-11(4-12(18)19)5-13(2,3)9-20-10-14(6-15,7-16)8-17;1-3-5-6-8-9(7-4-2)10(11)12/h11,15-17H,4-10H2,1-3H3,(H,18,19);9H,3-8H2,1-2H3,(H,11,12). The molecule has 0 amide bonds. The van der Waals surface area contributed by atoms with E-state index in [1.807, 2.05) is 27.7 Å². The van der Waals surface area contributed by atoms with E-state index in [0.29, 0.717) is 13.0 Å². The van der Waals surface area contributed by atoms with E-state index < -0.39 is 17.4 Å². The highest BCUT2D eigenvalue weighted by molar-refractivity contribution is 5.69. The number of carbonyl (C=O) groups is 2. The Bertz CT molecular complexity index is 480. The van der Waals surface area contributed by atoms with Crippen LogP contribution in [0.1, 0.15) is 86.0 Å². The molecule has 0 bridgehead atoms. The van der Waals surface area contributed by atoms with Crippen molar-refractivity contribution in [1.29, 1.82) is 0 Å². The van der Waals surface area contributed by atoms with Crippen LogP contribution in [-0.2, 0) is 14.3 Å². The zero-order valence-electron chi connectivity index (χ0n) is 20.8. The van der Waals surface area contributed by atoms with Gasteiger partial charge in [-0.15, -0.1) is 0 Å². The minimum Gasteiger partial charge on any atom is -0.481 e. The third-order valence-corrected chi connectivity index (χ3v) is 5.47. The molecule has 0 rings (SSSR count). The summed E-state index contributed by atoms with van der Waals surface area (Å²) in [5.41, 5.74) is -1.23. The van der Waals surface area contributed by atoms with Crippen LogP contribution in [0, 0.1) is 22.7 Å². The zero-order chi connectivity index (χ0) is 25.2. The van der Waals surface area contributed by atoms with Gasteiger partial charge in [0.05, 0.1) is 44.4 Å². The van der Waals surface area contributed by atoms with E-state index in [1.165, 1.54) is 6.42 Å². The van der Waals surface area contributed by atoms with Gasteiger partial charge in [-0.05, 0) is 30.6 Å². The van der Waals surface area contributed by atoms with Crippen molar-refractivity contribution in [2.24, 2.45) is 22.7 Å². The maximum atomic E-state index is 10.7. The molecule has 0 aliphatic carbocycles. The van der Waals surface area contributed by atoms with Crippen LogP contribution in [0.4, 0.5) is 0 Å². The maximum Gasteiger partial charge on any atom is 0.306 e. The largest absolute Gasteiger partial charge is 0.481 e. The first kappa shape index (κ1) is 33.0. The Kier molecular flexibility index (Phi) is 18.8. The van der Waals surface area contributed by atoms with Crippen molar-refractivity contribution in [2.75, 3.05) is 33.0 Å². The summed E-state index contributed by atoms with van der Waals surface area (Å²) in [7, 11) is 0. The van der Waals surface area contributed by atoms with Crippen molar-refractivity contribution in [1.82, 2.24) is 0 Å². The molecular weight excluding hydrogens is 416 g/mol. The second-order valence-corrected chi connectivity index (χ2v) is 9.86. The molecule has 0 aliphatic rings. The van der Waals surface area contributed by atoms with Crippen molar-refractivity contribution in [3.63, 3.8) is 0 Å². The molecule has 8 heteroatoms. The molecule has 2 unspecified atom stereocenters. The number of ether oxygens (including phenoxy) is 1. The number of aliphatic carboxylic acids is 2. The molecule has 0 saturated heterocycles. The van der Waals surface area contributed by atoms with Crippen LogP contribution in [0.25, 0.3) is 0 Å². The topological polar surface area (TPSA) is 145 Å². The summed E-state index contributed by atoms with van der Waals surface area (Å²) in [5.74, 6) is -1.48. The van der Waals surface area contributed by atoms with E-state index in [0.717, 1.165) is 32.1 Å². The average molecular weight is 465 g/mol. The maximum absolute atomic E-state index is 10.7. The molecule has 5 N–H and O–H groups in total. The predicted octanol–water partition coefficient (Wildman–Crippen LogP) is 3.56. The Morgan fingerprint density at radius 1 is 0.875 bits per heavy atom. The van der Waals surface area contributed by atoms with Crippen LogP contribution < -0.4 is 0 Å². The van der Waals surface area contributed by atoms with E-state index in [-0.39, 0.29) is 50.1 Å². The Morgan fingerprint density at radius 2 is 1.44 bits per heavy atom. The highest BCUT2D eigenvalue weighted by Crippen LogP contribution is 2.28. The summed E-state index contributed by atoms with van der Waals surface area (Å²) in [6.07, 6.45) is 6.87. The van der Waals surface area contributed by atoms with E-state index in [9.17, 15) is 24.9 Å². The molecule has 0 aromatic carbocycles. The molecule has 192 valence electrons. The molecule has 0 aliphatic heterocycles. The normalized spacial score (nSPS) is 13.8. The van der Waals surface area contributed by atoms with Gasteiger partial charge >= 0.3 is 11.9 Å². The number of carboxylic acid groups (broad SMARTS) is 2. The van der Waals surface area contributed by atoms with Crippen LogP contribution in [0.15, 0.2) is 0 Å². The SMILES string of the molecule is CC(CC(=O)O)CC(C)(C)COCC(CO)(CO)CO.CCCCCC(CCC)C(=O)O. The number of rotatable bonds is 18. The Morgan fingerprint density at radius 3 is 1.84 bits per heavy atom. The number of aliphatic hydroxyl groups is 3. The van der Waals surface area contributed by atoms with Gasteiger partial charge in [-0.25, -0.2) is 0 Å². The molecule has 0 spiro atoms. The second-order valence-electron chi connectivity index (χ2n) is 9.86. The molecule has 0 aromatic rings. The van der Waals surface area contributed by atoms with Crippen molar-refractivity contribution >= 4 is 11.9 Å². The summed E-state index contributed by atoms with van der Waals surface area (Å²) in [5, 5.41) is 45.1. The molecule has 0 aromatic heterocycles. The first-order chi connectivity index (χ1) is 14.9. The van der Waals surface area contributed by atoms with Crippen molar-refractivity contribution in [3.8, 4) is 0 Å². The summed E-state index contributed by atoms with van der Waals surface area (Å²) in [4.78, 5) is 21.3. The molecule has 32 heavy (non-hydrogen) atoms. The third-order valence-electron chi connectivity index (χ3n) is 5.47. The highest BCUT2D eigenvalue weighted by Gasteiger charge is 2.30. The molecule has 0 radical (unpaired) electrons. The minimum absolute atomic E-state index is 0.0457. The lowest BCUT2D eigenvalue weighted by atomic mass is 9.83. The number of unbranched alkanes of at least 4 members (excludes halogenated alkanes) is 2. The number of hydrogen-bond donors (Lipinski definition) is 5. The fourth-order valence-electron chi connectivity index (χ4n) is 3.58. The van der Waals surface area contributed by atoms with Gasteiger partial charge in [0.15, 0.2) is 0 Å². The number of hydrogen-bond acceptors (Lipinski definition) is 6. The molecule has 0 fully saturated rings. The molecule has 0 saturated carbocycles. The van der Waals surface area contributed by atoms with Gasteiger partial charge in [0.25, 0.3) is 0 Å². The third kappa shape index (κ3) is 16.4. The molecule has 2 atom stereocenters. The van der Waals surface area contributed by atoms with Gasteiger partial charge in [0, 0.05) is 6.42 Å². The van der Waals surface area contributed by atoms with Crippen LogP contribution in [0.5, 0.6) is 0 Å². The van der Waals surface area contributed by atoms with E-state index in [4.69, 9.17) is 14.9 Å². The van der Waals surface area contributed by atoms with Gasteiger partial charge in [-0.2, -0.15) is 0 Å². The lowest BCUT2D eigenvalue weighted by Gasteiger charge is -2.31. The van der Waals surface area contributed by atoms with Gasteiger partial charge in [0.1, 0.15) is 0 Å². The smallest absolute Gasteiger partial charge is 0.306 e. The first-order valence-electron chi connectivity index (χ1n) is 11.8. The van der Waals surface area contributed by atoms with E-state index in [2.05, 4.69) is 6.92 Å². The Balaban J connectivity index is 0. The lowest BCUT2D eigenvalue weighted by Crippen LogP contribution is -2.39. The van der Waals surface area contributed by atoms with Crippen molar-refractivity contribution < 1.29 is 39.9 Å². The fourth-order valence-corrected chi connectivity index (χ4v) is 3.58. The molecular formula is C24H48O8. The van der Waals surface area contributed by atoms with E-state index in [1.54, 1.807) is 0 Å². The van der Waals surface area contributed by atoms with Crippen LogP contribution in [0.2, 0.25) is 0 Å². The van der Waals surface area contributed by atoms with E-state index >= 15 is 0 Å². The summed E-state index contributed by atoms with van der Waals surface area (Å²) >= 11 is 0. The second kappa shape index (κ2) is 18.2. The van der Waals surface area contributed by atoms with Crippen molar-refractivity contribution in [3.05, 3.63) is 0 Å². The number of carboxylic acids is 2. The first-order valence-corrected chi connectivity index (χ1v) is 11.8. The summed E-state index contributed by atoms with van der Waals surface area (Å²) in [6.45, 7) is 9.39. The monoisotopic (exact) mass is 464 g/mol. The zero-order valence-corrected chi connectivity index (χ0v) is 20.8. The Hall–Kier alpha value is -1.22. The predicted molar refractivity (Wildman–Crippen MR) is 125 cm³/mol. The lowest BCUT2D eigenvalue weighted by molar-refractivity contribution is -0.142.